The summed E-state index contributed by atoms with van der Waals surface area (Å²) in [7, 11) is 0. The standard InChI is InChI=1S/C21H27N3O3/c1-21(2,3)27-20(26)24-23-19(25)18(14-16-10-6-4-7-11-16)22-15-17-12-8-5-9-13-17/h4-13,18,22H,14-15H2,1-3H3,(H,23,25)(H,24,26). The fourth-order valence-electron chi connectivity index (χ4n) is 2.45. The summed E-state index contributed by atoms with van der Waals surface area (Å²) in [6.07, 6.45) is -0.201. The maximum atomic E-state index is 12.6. The van der Waals surface area contributed by atoms with Crippen LogP contribution in [0.15, 0.2) is 60.7 Å². The van der Waals surface area contributed by atoms with Gasteiger partial charge in [-0.1, -0.05) is 60.7 Å². The van der Waals surface area contributed by atoms with E-state index in [2.05, 4.69) is 16.2 Å². The third-order valence-corrected chi connectivity index (χ3v) is 3.68. The molecule has 2 rings (SSSR count). The zero-order chi connectivity index (χ0) is 19.7. The van der Waals surface area contributed by atoms with Gasteiger partial charge in [0.05, 0.1) is 6.04 Å². The van der Waals surface area contributed by atoms with Crippen molar-refractivity contribution in [3.05, 3.63) is 71.8 Å². The van der Waals surface area contributed by atoms with Crippen LogP contribution in [0, 0.1) is 0 Å². The van der Waals surface area contributed by atoms with Crippen LogP contribution in [0.3, 0.4) is 0 Å². The fourth-order valence-corrected chi connectivity index (χ4v) is 2.45. The summed E-state index contributed by atoms with van der Waals surface area (Å²) in [6.45, 7) is 5.81. The number of amides is 2. The lowest BCUT2D eigenvalue weighted by molar-refractivity contribution is -0.124. The number of hydrogen-bond acceptors (Lipinski definition) is 4. The molecule has 144 valence electrons. The average Bonchev–Trinajstić information content (AvgIpc) is 2.63. The molecule has 3 N–H and O–H groups in total. The lowest BCUT2D eigenvalue weighted by Crippen LogP contribution is -2.52. The number of benzene rings is 2. The van der Waals surface area contributed by atoms with E-state index in [-0.39, 0.29) is 5.91 Å². The van der Waals surface area contributed by atoms with E-state index in [0.717, 1.165) is 11.1 Å². The molecule has 0 bridgehead atoms. The lowest BCUT2D eigenvalue weighted by atomic mass is 10.0. The predicted molar refractivity (Wildman–Crippen MR) is 105 cm³/mol. The van der Waals surface area contributed by atoms with E-state index >= 15 is 0 Å². The maximum absolute atomic E-state index is 12.6. The summed E-state index contributed by atoms with van der Waals surface area (Å²) in [6, 6.07) is 19.0. The van der Waals surface area contributed by atoms with Gasteiger partial charge in [0.15, 0.2) is 0 Å². The first-order valence-electron chi connectivity index (χ1n) is 8.93. The highest BCUT2D eigenvalue weighted by atomic mass is 16.6. The highest BCUT2D eigenvalue weighted by Crippen LogP contribution is 2.07. The second-order valence-corrected chi connectivity index (χ2v) is 7.22. The first-order chi connectivity index (χ1) is 12.8. The van der Waals surface area contributed by atoms with Crippen molar-refractivity contribution in [2.45, 2.75) is 45.4 Å². The molecule has 0 aromatic heterocycles. The molecule has 0 saturated carbocycles. The van der Waals surface area contributed by atoms with Crippen molar-refractivity contribution in [1.82, 2.24) is 16.2 Å². The minimum Gasteiger partial charge on any atom is -0.443 e. The van der Waals surface area contributed by atoms with Crippen LogP contribution in [0.4, 0.5) is 4.79 Å². The number of ether oxygens (including phenoxy) is 1. The monoisotopic (exact) mass is 369 g/mol. The van der Waals surface area contributed by atoms with Crippen LogP contribution in [0.1, 0.15) is 31.9 Å². The number of rotatable bonds is 6. The Hall–Kier alpha value is -2.86. The Labute approximate surface area is 160 Å². The topological polar surface area (TPSA) is 79.5 Å². The largest absolute Gasteiger partial charge is 0.443 e. The van der Waals surface area contributed by atoms with E-state index in [4.69, 9.17) is 4.74 Å². The highest BCUT2D eigenvalue weighted by Gasteiger charge is 2.21. The van der Waals surface area contributed by atoms with E-state index < -0.39 is 17.7 Å². The molecule has 2 aromatic carbocycles. The maximum Gasteiger partial charge on any atom is 0.426 e. The zero-order valence-electron chi connectivity index (χ0n) is 16.0. The molecule has 0 fully saturated rings. The molecule has 2 aromatic rings. The predicted octanol–water partition coefficient (Wildman–Crippen LogP) is 2.94. The Morgan fingerprint density at radius 3 is 2.00 bits per heavy atom. The number of nitrogens with one attached hydrogen (secondary N) is 3. The van der Waals surface area contributed by atoms with Crippen LogP contribution in [0.2, 0.25) is 0 Å². The Balaban J connectivity index is 1.97. The van der Waals surface area contributed by atoms with Gasteiger partial charge in [0, 0.05) is 6.54 Å². The SMILES string of the molecule is CC(C)(C)OC(=O)NNC(=O)C(Cc1ccccc1)NCc1ccccc1. The van der Waals surface area contributed by atoms with E-state index in [1.165, 1.54) is 0 Å². The molecule has 0 saturated heterocycles. The molecule has 0 heterocycles. The molecule has 0 aliphatic carbocycles. The van der Waals surface area contributed by atoms with Gasteiger partial charge in [0.1, 0.15) is 5.60 Å². The van der Waals surface area contributed by atoms with Crippen LogP contribution in [0.5, 0.6) is 0 Å². The molecule has 2 amide bonds. The first kappa shape index (κ1) is 20.5. The van der Waals surface area contributed by atoms with E-state index in [0.29, 0.717) is 13.0 Å². The van der Waals surface area contributed by atoms with Crippen molar-refractivity contribution in [3.63, 3.8) is 0 Å². The second kappa shape index (κ2) is 9.73. The van der Waals surface area contributed by atoms with E-state index in [1.54, 1.807) is 20.8 Å². The number of carbonyl (C=O) groups is 2. The normalized spacial score (nSPS) is 12.1. The molecule has 1 atom stereocenters. The van der Waals surface area contributed by atoms with Crippen molar-refractivity contribution < 1.29 is 14.3 Å². The number of carbonyl (C=O) groups excluding carboxylic acids is 2. The average molecular weight is 369 g/mol. The lowest BCUT2D eigenvalue weighted by Gasteiger charge is -2.22. The van der Waals surface area contributed by atoms with Gasteiger partial charge >= 0.3 is 6.09 Å². The van der Waals surface area contributed by atoms with Gasteiger partial charge in [-0.05, 0) is 38.3 Å². The summed E-state index contributed by atoms with van der Waals surface area (Å²) in [5.41, 5.74) is 6.20. The molecule has 0 spiro atoms. The molecular weight excluding hydrogens is 342 g/mol. The molecule has 0 radical (unpaired) electrons. The van der Waals surface area contributed by atoms with Crippen molar-refractivity contribution in [2.75, 3.05) is 0 Å². The Morgan fingerprint density at radius 1 is 0.889 bits per heavy atom. The third-order valence-electron chi connectivity index (χ3n) is 3.68. The minimum atomic E-state index is -0.697. The quantitative estimate of drug-likeness (QED) is 0.684. The van der Waals surface area contributed by atoms with Gasteiger partial charge in [-0.3, -0.25) is 10.2 Å². The molecule has 27 heavy (non-hydrogen) atoms. The molecule has 1 unspecified atom stereocenters. The summed E-state index contributed by atoms with van der Waals surface area (Å²) in [5, 5.41) is 3.25. The highest BCUT2D eigenvalue weighted by molar-refractivity contribution is 5.84. The Morgan fingerprint density at radius 2 is 1.44 bits per heavy atom. The van der Waals surface area contributed by atoms with Crippen molar-refractivity contribution in [2.24, 2.45) is 0 Å². The van der Waals surface area contributed by atoms with Crippen LogP contribution in [-0.4, -0.2) is 23.6 Å². The van der Waals surface area contributed by atoms with Crippen LogP contribution >= 0.6 is 0 Å². The van der Waals surface area contributed by atoms with Crippen molar-refractivity contribution >= 4 is 12.0 Å². The third kappa shape index (κ3) is 7.92. The smallest absolute Gasteiger partial charge is 0.426 e. The minimum absolute atomic E-state index is 0.333. The number of hydrazine groups is 1. The van der Waals surface area contributed by atoms with Gasteiger partial charge in [-0.25, -0.2) is 10.2 Å². The van der Waals surface area contributed by atoms with Crippen LogP contribution in [-0.2, 0) is 22.5 Å². The van der Waals surface area contributed by atoms with Crippen LogP contribution < -0.4 is 16.2 Å². The summed E-state index contributed by atoms with van der Waals surface area (Å²) in [5.74, 6) is -0.333. The van der Waals surface area contributed by atoms with Crippen molar-refractivity contribution in [3.8, 4) is 0 Å². The Bertz CT molecular complexity index is 727. The van der Waals surface area contributed by atoms with E-state index in [9.17, 15) is 9.59 Å². The Kier molecular flexibility index (Phi) is 7.37. The fraction of sp³-hybridized carbons (Fsp3) is 0.333. The second-order valence-electron chi connectivity index (χ2n) is 7.22. The number of hydrogen-bond donors (Lipinski definition) is 3. The van der Waals surface area contributed by atoms with Gasteiger partial charge in [0.2, 0.25) is 0 Å². The molecule has 0 aliphatic rings. The molecular formula is C21H27N3O3. The molecule has 0 aliphatic heterocycles. The summed E-state index contributed by atoms with van der Waals surface area (Å²) < 4.78 is 5.13. The van der Waals surface area contributed by atoms with Crippen LogP contribution in [0.25, 0.3) is 0 Å². The van der Waals surface area contributed by atoms with E-state index in [1.807, 2.05) is 60.7 Å². The van der Waals surface area contributed by atoms with Gasteiger partial charge in [0.25, 0.3) is 5.91 Å². The zero-order valence-corrected chi connectivity index (χ0v) is 16.0. The molecule has 6 heteroatoms. The summed E-state index contributed by atoms with van der Waals surface area (Å²) >= 11 is 0. The van der Waals surface area contributed by atoms with Gasteiger partial charge < -0.3 is 10.1 Å². The van der Waals surface area contributed by atoms with Gasteiger partial charge in [-0.15, -0.1) is 0 Å². The molecule has 6 nitrogen and oxygen atoms in total. The summed E-state index contributed by atoms with van der Waals surface area (Å²) in [4.78, 5) is 24.3. The first-order valence-corrected chi connectivity index (χ1v) is 8.93. The van der Waals surface area contributed by atoms with Crippen molar-refractivity contribution in [1.29, 1.82) is 0 Å². The van der Waals surface area contributed by atoms with Gasteiger partial charge in [-0.2, -0.15) is 0 Å².